The Morgan fingerprint density at radius 1 is 1.47 bits per heavy atom. The van der Waals surface area contributed by atoms with Gasteiger partial charge in [0.15, 0.2) is 6.04 Å². The standard InChI is InChI=1S/C12H13FN2O4/c13-8-2-1-7-3-4-15(10(7)5-8)12(19)14-9(6-16)11(17)18/h1-2,5,9,16H,3-4,6H2,(H,14,19)(H,17,18)/t9-/m1/s1. The second kappa shape index (κ2) is 5.23. The summed E-state index contributed by atoms with van der Waals surface area (Å²) in [5.41, 5.74) is 1.26. The monoisotopic (exact) mass is 268 g/mol. The topological polar surface area (TPSA) is 89.9 Å². The summed E-state index contributed by atoms with van der Waals surface area (Å²) in [7, 11) is 0. The Hall–Kier alpha value is -2.15. The number of benzene rings is 1. The molecule has 6 nitrogen and oxygen atoms in total. The molecule has 0 aromatic heterocycles. The van der Waals surface area contributed by atoms with Crippen molar-refractivity contribution in [2.75, 3.05) is 18.1 Å². The minimum Gasteiger partial charge on any atom is -0.480 e. The van der Waals surface area contributed by atoms with E-state index in [-0.39, 0.29) is 0 Å². The summed E-state index contributed by atoms with van der Waals surface area (Å²) >= 11 is 0. The lowest BCUT2D eigenvalue weighted by Gasteiger charge is -2.20. The van der Waals surface area contributed by atoms with Crippen molar-refractivity contribution in [3.8, 4) is 0 Å². The Morgan fingerprint density at radius 2 is 2.21 bits per heavy atom. The molecule has 1 atom stereocenters. The lowest BCUT2D eigenvalue weighted by molar-refractivity contribution is -0.140. The van der Waals surface area contributed by atoms with Crippen molar-refractivity contribution >= 4 is 17.7 Å². The number of aliphatic hydroxyl groups excluding tert-OH is 1. The molecule has 1 aromatic rings. The van der Waals surface area contributed by atoms with Crippen molar-refractivity contribution < 1.29 is 24.2 Å². The molecule has 1 aromatic carbocycles. The highest BCUT2D eigenvalue weighted by molar-refractivity contribution is 5.96. The maximum Gasteiger partial charge on any atom is 0.328 e. The molecule has 0 fully saturated rings. The molecule has 0 saturated carbocycles. The quantitative estimate of drug-likeness (QED) is 0.737. The van der Waals surface area contributed by atoms with E-state index in [0.29, 0.717) is 18.7 Å². The van der Waals surface area contributed by atoms with Crippen molar-refractivity contribution in [2.45, 2.75) is 12.5 Å². The van der Waals surface area contributed by atoms with Gasteiger partial charge in [-0.1, -0.05) is 6.07 Å². The van der Waals surface area contributed by atoms with Crippen LogP contribution in [0, 0.1) is 5.82 Å². The zero-order chi connectivity index (χ0) is 14.0. The third-order valence-electron chi connectivity index (χ3n) is 2.97. The van der Waals surface area contributed by atoms with Crippen LogP contribution in [0.2, 0.25) is 0 Å². The predicted octanol–water partition coefficient (Wildman–Crippen LogP) is 0.343. The number of hydrogen-bond donors (Lipinski definition) is 3. The first-order valence-electron chi connectivity index (χ1n) is 5.73. The van der Waals surface area contributed by atoms with Crippen LogP contribution < -0.4 is 10.2 Å². The maximum absolute atomic E-state index is 13.2. The molecular formula is C12H13FN2O4. The number of carbonyl (C=O) groups excluding carboxylic acids is 1. The number of amides is 2. The Kier molecular flexibility index (Phi) is 3.66. The largest absolute Gasteiger partial charge is 0.480 e. The van der Waals surface area contributed by atoms with Crippen molar-refractivity contribution in [3.63, 3.8) is 0 Å². The summed E-state index contributed by atoms with van der Waals surface area (Å²) < 4.78 is 13.2. The zero-order valence-electron chi connectivity index (χ0n) is 9.97. The molecule has 7 heteroatoms. The molecule has 0 saturated heterocycles. The summed E-state index contributed by atoms with van der Waals surface area (Å²) in [6.45, 7) is -0.354. The van der Waals surface area contributed by atoms with Gasteiger partial charge in [0, 0.05) is 6.54 Å². The van der Waals surface area contributed by atoms with Crippen LogP contribution in [-0.2, 0) is 11.2 Å². The number of nitrogens with zero attached hydrogens (tertiary/aromatic N) is 1. The fourth-order valence-corrected chi connectivity index (χ4v) is 1.98. The molecule has 2 amide bonds. The van der Waals surface area contributed by atoms with E-state index < -0.39 is 30.5 Å². The summed E-state index contributed by atoms with van der Waals surface area (Å²) in [5.74, 6) is -1.79. The molecule has 19 heavy (non-hydrogen) atoms. The normalized spacial score (nSPS) is 14.9. The SMILES string of the molecule is O=C(O)[C@@H](CO)NC(=O)N1CCc2ccc(F)cc21. The van der Waals surface area contributed by atoms with Gasteiger partial charge in [0.2, 0.25) is 0 Å². The Labute approximate surface area is 108 Å². The molecule has 0 aliphatic carbocycles. The van der Waals surface area contributed by atoms with Crippen molar-refractivity contribution in [3.05, 3.63) is 29.6 Å². The second-order valence-electron chi connectivity index (χ2n) is 4.20. The van der Waals surface area contributed by atoms with E-state index >= 15 is 0 Å². The summed E-state index contributed by atoms with van der Waals surface area (Å²) in [6.07, 6.45) is 0.583. The molecule has 2 rings (SSSR count). The van der Waals surface area contributed by atoms with Crippen molar-refractivity contribution in [1.82, 2.24) is 5.32 Å². The van der Waals surface area contributed by atoms with Gasteiger partial charge >= 0.3 is 12.0 Å². The maximum atomic E-state index is 13.2. The van der Waals surface area contributed by atoms with E-state index in [2.05, 4.69) is 5.32 Å². The number of carboxylic acids is 1. The van der Waals surface area contributed by atoms with Gasteiger partial charge in [0.25, 0.3) is 0 Å². The van der Waals surface area contributed by atoms with Crippen LogP contribution in [0.25, 0.3) is 0 Å². The Morgan fingerprint density at radius 3 is 2.84 bits per heavy atom. The van der Waals surface area contributed by atoms with E-state index in [1.807, 2.05) is 0 Å². The van der Waals surface area contributed by atoms with Gasteiger partial charge < -0.3 is 15.5 Å². The molecule has 0 unspecified atom stereocenters. The number of carboxylic acid groups (broad SMARTS) is 1. The lowest BCUT2D eigenvalue weighted by Crippen LogP contribution is -2.49. The third-order valence-corrected chi connectivity index (χ3v) is 2.97. The molecule has 3 N–H and O–H groups in total. The molecule has 1 aliphatic rings. The molecule has 1 aliphatic heterocycles. The summed E-state index contributed by atoms with van der Waals surface area (Å²) in [6, 6.07) is 2.11. The Bertz CT molecular complexity index is 520. The van der Waals surface area contributed by atoms with E-state index in [1.165, 1.54) is 17.0 Å². The van der Waals surface area contributed by atoms with Crippen LogP contribution in [0.4, 0.5) is 14.9 Å². The van der Waals surface area contributed by atoms with Crippen LogP contribution in [0.3, 0.4) is 0 Å². The van der Waals surface area contributed by atoms with Gasteiger partial charge in [0.05, 0.1) is 12.3 Å². The predicted molar refractivity (Wildman–Crippen MR) is 64.5 cm³/mol. The second-order valence-corrected chi connectivity index (χ2v) is 4.20. The van der Waals surface area contributed by atoms with Gasteiger partial charge in [-0.2, -0.15) is 0 Å². The molecule has 0 bridgehead atoms. The minimum absolute atomic E-state index is 0.350. The number of aliphatic hydroxyl groups is 1. The van der Waals surface area contributed by atoms with Crippen LogP contribution in [0.1, 0.15) is 5.56 Å². The first kappa shape index (κ1) is 13.3. The number of nitrogens with one attached hydrogen (secondary N) is 1. The number of fused-ring (bicyclic) bond motifs is 1. The first-order valence-corrected chi connectivity index (χ1v) is 5.73. The number of carbonyl (C=O) groups is 2. The number of hydrogen-bond acceptors (Lipinski definition) is 3. The molecule has 1 heterocycles. The highest BCUT2D eigenvalue weighted by Crippen LogP contribution is 2.28. The van der Waals surface area contributed by atoms with Crippen molar-refractivity contribution in [1.29, 1.82) is 0 Å². The lowest BCUT2D eigenvalue weighted by atomic mass is 10.2. The number of aliphatic carboxylic acids is 1. The molecular weight excluding hydrogens is 255 g/mol. The van der Waals surface area contributed by atoms with Gasteiger partial charge in [-0.25, -0.2) is 14.0 Å². The smallest absolute Gasteiger partial charge is 0.328 e. The van der Waals surface area contributed by atoms with Crippen LogP contribution in [-0.4, -0.2) is 41.4 Å². The van der Waals surface area contributed by atoms with E-state index in [9.17, 15) is 14.0 Å². The summed E-state index contributed by atoms with van der Waals surface area (Å²) in [5, 5.41) is 19.8. The fraction of sp³-hybridized carbons (Fsp3) is 0.333. The molecule has 0 spiro atoms. The van der Waals surface area contributed by atoms with Gasteiger partial charge in [-0.15, -0.1) is 0 Å². The zero-order valence-corrected chi connectivity index (χ0v) is 9.97. The number of anilines is 1. The van der Waals surface area contributed by atoms with Crippen molar-refractivity contribution in [2.24, 2.45) is 0 Å². The van der Waals surface area contributed by atoms with E-state index in [4.69, 9.17) is 10.2 Å². The molecule has 102 valence electrons. The van der Waals surface area contributed by atoms with E-state index in [1.54, 1.807) is 6.07 Å². The summed E-state index contributed by atoms with van der Waals surface area (Å²) in [4.78, 5) is 23.9. The molecule has 0 radical (unpaired) electrons. The van der Waals surface area contributed by atoms with Crippen LogP contribution in [0.15, 0.2) is 18.2 Å². The third kappa shape index (κ3) is 2.65. The van der Waals surface area contributed by atoms with Gasteiger partial charge in [-0.3, -0.25) is 4.90 Å². The number of halogens is 1. The number of rotatable bonds is 3. The van der Waals surface area contributed by atoms with Crippen LogP contribution in [0.5, 0.6) is 0 Å². The number of urea groups is 1. The Balaban J connectivity index is 2.15. The average Bonchev–Trinajstić information content (AvgIpc) is 2.78. The van der Waals surface area contributed by atoms with Gasteiger partial charge in [-0.05, 0) is 24.1 Å². The van der Waals surface area contributed by atoms with Gasteiger partial charge in [0.1, 0.15) is 5.82 Å². The fourth-order valence-electron chi connectivity index (χ4n) is 1.98. The highest BCUT2D eigenvalue weighted by atomic mass is 19.1. The van der Waals surface area contributed by atoms with E-state index in [0.717, 1.165) is 5.56 Å². The highest BCUT2D eigenvalue weighted by Gasteiger charge is 2.28. The average molecular weight is 268 g/mol. The first-order chi connectivity index (χ1) is 9.02. The van der Waals surface area contributed by atoms with Crippen LogP contribution >= 0.6 is 0 Å². The minimum atomic E-state index is -1.37.